The lowest BCUT2D eigenvalue weighted by molar-refractivity contribution is 0.0871. The van der Waals surface area contributed by atoms with Gasteiger partial charge < -0.3 is 10.4 Å². The summed E-state index contributed by atoms with van der Waals surface area (Å²) < 4.78 is 0. The molecule has 1 aromatic heterocycles. The van der Waals surface area contributed by atoms with E-state index in [9.17, 15) is 9.90 Å². The second-order valence-corrected chi connectivity index (χ2v) is 4.73. The van der Waals surface area contributed by atoms with Crippen molar-refractivity contribution in [3.8, 4) is 0 Å². The van der Waals surface area contributed by atoms with Gasteiger partial charge in [-0.1, -0.05) is 25.4 Å². The zero-order valence-electron chi connectivity index (χ0n) is 10.2. The van der Waals surface area contributed by atoms with Crippen LogP contribution in [0.25, 0.3) is 0 Å². The predicted octanol–water partition coefficient (Wildman–Crippen LogP) is 1.79. The summed E-state index contributed by atoms with van der Waals surface area (Å²) in [6.45, 7) is 5.79. The monoisotopic (exact) mass is 256 g/mol. The van der Waals surface area contributed by atoms with Gasteiger partial charge in [-0.25, -0.2) is 4.98 Å². The number of carbonyl (C=O) groups is 1. The van der Waals surface area contributed by atoms with Crippen LogP contribution >= 0.6 is 11.6 Å². The molecule has 1 amide bonds. The van der Waals surface area contributed by atoms with Crippen LogP contribution in [0.5, 0.6) is 0 Å². The molecule has 94 valence electrons. The number of aryl methyl sites for hydroxylation is 1. The first kappa shape index (κ1) is 13.9. The van der Waals surface area contributed by atoms with E-state index in [0.29, 0.717) is 16.4 Å². The molecule has 0 fully saturated rings. The highest BCUT2D eigenvalue weighted by atomic mass is 35.5. The summed E-state index contributed by atoms with van der Waals surface area (Å²) in [4.78, 5) is 15.7. The fourth-order valence-corrected chi connectivity index (χ4v) is 1.55. The molecule has 1 rings (SSSR count). The van der Waals surface area contributed by atoms with Crippen molar-refractivity contribution in [1.29, 1.82) is 0 Å². The van der Waals surface area contributed by atoms with Crippen LogP contribution in [0.4, 0.5) is 0 Å². The Morgan fingerprint density at radius 1 is 1.53 bits per heavy atom. The van der Waals surface area contributed by atoms with Crippen LogP contribution in [-0.4, -0.2) is 28.6 Å². The van der Waals surface area contributed by atoms with Crippen LogP contribution in [0.15, 0.2) is 12.1 Å². The van der Waals surface area contributed by atoms with Crippen molar-refractivity contribution in [2.24, 2.45) is 5.92 Å². The molecule has 2 N–H and O–H groups in total. The molecule has 0 spiro atoms. The van der Waals surface area contributed by atoms with Gasteiger partial charge in [0.15, 0.2) is 0 Å². The van der Waals surface area contributed by atoms with E-state index in [1.54, 1.807) is 13.0 Å². The molecule has 0 aromatic carbocycles. The predicted molar refractivity (Wildman–Crippen MR) is 67.2 cm³/mol. The third-order valence-corrected chi connectivity index (χ3v) is 2.62. The summed E-state index contributed by atoms with van der Waals surface area (Å²) in [5, 5.41) is 12.5. The van der Waals surface area contributed by atoms with Gasteiger partial charge in [0, 0.05) is 17.8 Å². The molecule has 1 unspecified atom stereocenters. The molecule has 0 aliphatic heterocycles. The van der Waals surface area contributed by atoms with Crippen molar-refractivity contribution in [3.05, 3.63) is 28.5 Å². The fourth-order valence-electron chi connectivity index (χ4n) is 1.29. The van der Waals surface area contributed by atoms with Crippen LogP contribution < -0.4 is 5.32 Å². The van der Waals surface area contributed by atoms with Gasteiger partial charge in [0.25, 0.3) is 5.91 Å². The lowest BCUT2D eigenvalue weighted by Crippen LogP contribution is -2.34. The molecule has 1 atom stereocenters. The Labute approximate surface area is 106 Å². The minimum atomic E-state index is -0.544. The molecule has 5 heteroatoms. The Balaban J connectivity index is 2.64. The fraction of sp³-hybridized carbons (Fsp3) is 0.500. The second kappa shape index (κ2) is 5.98. The first-order valence-electron chi connectivity index (χ1n) is 5.50. The number of aromatic nitrogens is 1. The molecular weight excluding hydrogens is 240 g/mol. The average molecular weight is 257 g/mol. The Morgan fingerprint density at radius 2 is 2.18 bits per heavy atom. The maximum Gasteiger partial charge on any atom is 0.251 e. The minimum absolute atomic E-state index is 0.109. The summed E-state index contributed by atoms with van der Waals surface area (Å²) in [5.41, 5.74) is 1.14. The average Bonchev–Trinajstić information content (AvgIpc) is 2.23. The van der Waals surface area contributed by atoms with Crippen LogP contribution in [0, 0.1) is 12.8 Å². The van der Waals surface area contributed by atoms with Crippen LogP contribution in [0.2, 0.25) is 5.15 Å². The Bertz CT molecular complexity index is 387. The zero-order chi connectivity index (χ0) is 13.0. The minimum Gasteiger partial charge on any atom is -0.391 e. The first-order chi connectivity index (χ1) is 7.90. The largest absolute Gasteiger partial charge is 0.391 e. The molecular formula is C12H17ClN2O2. The number of nitrogens with zero attached hydrogens (tertiary/aromatic N) is 1. The molecule has 0 radical (unpaired) electrons. The summed E-state index contributed by atoms with van der Waals surface area (Å²) in [6, 6.07) is 3.16. The summed E-state index contributed by atoms with van der Waals surface area (Å²) in [7, 11) is 0. The van der Waals surface area contributed by atoms with E-state index in [0.717, 1.165) is 0 Å². The van der Waals surface area contributed by atoms with Crippen LogP contribution in [0.3, 0.4) is 0 Å². The molecule has 1 aromatic rings. The number of aliphatic hydroxyl groups excluding tert-OH is 1. The van der Waals surface area contributed by atoms with Gasteiger partial charge >= 0.3 is 0 Å². The Morgan fingerprint density at radius 3 is 2.71 bits per heavy atom. The quantitative estimate of drug-likeness (QED) is 0.808. The molecule has 0 aliphatic rings. The number of aliphatic hydroxyl groups is 1. The van der Waals surface area contributed by atoms with Crippen molar-refractivity contribution in [2.45, 2.75) is 26.9 Å². The van der Waals surface area contributed by atoms with Gasteiger partial charge in [-0.2, -0.15) is 0 Å². The van der Waals surface area contributed by atoms with Crippen LogP contribution in [0.1, 0.15) is 29.9 Å². The number of amides is 1. The number of hydrogen-bond donors (Lipinski definition) is 2. The van der Waals surface area contributed by atoms with E-state index in [1.807, 2.05) is 13.8 Å². The van der Waals surface area contributed by atoms with Crippen molar-refractivity contribution in [3.63, 3.8) is 0 Å². The topological polar surface area (TPSA) is 62.2 Å². The molecule has 1 heterocycles. The SMILES string of the molecule is Cc1cc(C(=O)NCC(O)C(C)C)cc(Cl)n1. The summed E-state index contributed by atoms with van der Waals surface area (Å²) in [6.07, 6.45) is -0.544. The van der Waals surface area contributed by atoms with E-state index < -0.39 is 6.10 Å². The van der Waals surface area contributed by atoms with Gasteiger partial charge in [-0.05, 0) is 25.0 Å². The third-order valence-electron chi connectivity index (χ3n) is 2.43. The van der Waals surface area contributed by atoms with Gasteiger partial charge in [-0.3, -0.25) is 4.79 Å². The van der Waals surface area contributed by atoms with Crippen LogP contribution in [-0.2, 0) is 0 Å². The first-order valence-corrected chi connectivity index (χ1v) is 5.88. The number of rotatable bonds is 4. The number of halogens is 1. The van der Waals surface area contributed by atoms with Gasteiger partial charge in [-0.15, -0.1) is 0 Å². The summed E-state index contributed by atoms with van der Waals surface area (Å²) >= 11 is 5.77. The van der Waals surface area contributed by atoms with E-state index in [2.05, 4.69) is 10.3 Å². The smallest absolute Gasteiger partial charge is 0.251 e. The molecule has 0 bridgehead atoms. The zero-order valence-corrected chi connectivity index (χ0v) is 11.0. The maximum atomic E-state index is 11.8. The molecule has 0 saturated carbocycles. The molecule has 0 saturated heterocycles. The highest BCUT2D eigenvalue weighted by molar-refractivity contribution is 6.29. The lowest BCUT2D eigenvalue weighted by Gasteiger charge is -2.15. The van der Waals surface area contributed by atoms with Crippen molar-refractivity contribution < 1.29 is 9.90 Å². The normalized spacial score (nSPS) is 12.6. The summed E-state index contributed by atoms with van der Waals surface area (Å²) in [5.74, 6) is -0.143. The number of carbonyl (C=O) groups excluding carboxylic acids is 1. The van der Waals surface area contributed by atoms with Crippen molar-refractivity contribution in [1.82, 2.24) is 10.3 Å². The standard InChI is InChI=1S/C12H17ClN2O2/c1-7(2)10(16)6-14-12(17)9-4-8(3)15-11(13)5-9/h4-5,7,10,16H,6H2,1-3H3,(H,14,17). The third kappa shape index (κ3) is 4.32. The second-order valence-electron chi connectivity index (χ2n) is 4.34. The highest BCUT2D eigenvalue weighted by Crippen LogP contribution is 2.10. The highest BCUT2D eigenvalue weighted by Gasteiger charge is 2.12. The number of pyridine rings is 1. The van der Waals surface area contributed by atoms with Gasteiger partial charge in [0.2, 0.25) is 0 Å². The van der Waals surface area contributed by atoms with Crippen molar-refractivity contribution in [2.75, 3.05) is 6.54 Å². The molecule has 4 nitrogen and oxygen atoms in total. The van der Waals surface area contributed by atoms with E-state index in [-0.39, 0.29) is 18.4 Å². The van der Waals surface area contributed by atoms with E-state index in [1.165, 1.54) is 6.07 Å². The number of nitrogens with one attached hydrogen (secondary N) is 1. The lowest BCUT2D eigenvalue weighted by atomic mass is 10.1. The van der Waals surface area contributed by atoms with Gasteiger partial charge in [0.1, 0.15) is 5.15 Å². The van der Waals surface area contributed by atoms with E-state index >= 15 is 0 Å². The van der Waals surface area contributed by atoms with E-state index in [4.69, 9.17) is 11.6 Å². The van der Waals surface area contributed by atoms with Gasteiger partial charge in [0.05, 0.1) is 6.10 Å². The Kier molecular flexibility index (Phi) is 4.90. The number of hydrogen-bond acceptors (Lipinski definition) is 3. The van der Waals surface area contributed by atoms with Crippen molar-refractivity contribution >= 4 is 17.5 Å². The molecule has 17 heavy (non-hydrogen) atoms. The Hall–Kier alpha value is -1.13. The molecule has 0 aliphatic carbocycles. The maximum absolute atomic E-state index is 11.8.